The normalized spacial score (nSPS) is 11.4. The summed E-state index contributed by atoms with van der Waals surface area (Å²) in [4.78, 5) is 8.73. The van der Waals surface area contributed by atoms with E-state index in [1.165, 1.54) is 0 Å². The number of benzene rings is 1. The third-order valence-electron chi connectivity index (χ3n) is 2.22. The quantitative estimate of drug-likeness (QED) is 0.610. The van der Waals surface area contributed by atoms with Gasteiger partial charge in [0, 0.05) is 0 Å². The van der Waals surface area contributed by atoms with Crippen LogP contribution in [0.4, 0.5) is 5.69 Å². The first-order chi connectivity index (χ1) is 7.77. The van der Waals surface area contributed by atoms with Crippen LogP contribution in [0.5, 0.6) is 0 Å². The van der Waals surface area contributed by atoms with Crippen LogP contribution in [0.2, 0.25) is 0 Å². The summed E-state index contributed by atoms with van der Waals surface area (Å²) in [6, 6.07) is 13.9. The van der Waals surface area contributed by atoms with E-state index in [-0.39, 0.29) is 0 Å². The summed E-state index contributed by atoms with van der Waals surface area (Å²) in [7, 11) is 0. The van der Waals surface area contributed by atoms with Crippen LogP contribution < -0.4 is 0 Å². The molecule has 0 saturated heterocycles. The summed E-state index contributed by atoms with van der Waals surface area (Å²) in [6.45, 7) is 1.96. The molecule has 2 nitrogen and oxygen atoms in total. The Hall–Kier alpha value is -1.44. The van der Waals surface area contributed by atoms with Crippen molar-refractivity contribution in [2.75, 3.05) is 0 Å². The van der Waals surface area contributed by atoms with Crippen LogP contribution in [0.1, 0.15) is 11.3 Å². The van der Waals surface area contributed by atoms with Crippen molar-refractivity contribution in [2.45, 2.75) is 6.92 Å². The number of aromatic nitrogens is 1. The molecule has 1 aromatic carbocycles. The van der Waals surface area contributed by atoms with Gasteiger partial charge < -0.3 is 0 Å². The minimum atomic E-state index is 0.886. The van der Waals surface area contributed by atoms with Crippen LogP contribution in [-0.2, 0) is 0 Å². The number of hydrogen-bond acceptors (Lipinski definition) is 2. The fourth-order valence-electron chi connectivity index (χ4n) is 1.35. The molecule has 0 N–H and O–H groups in total. The summed E-state index contributed by atoms with van der Waals surface area (Å²) >= 11 is 2.99. The molecule has 0 atom stereocenters. The number of pyridine rings is 1. The topological polar surface area (TPSA) is 25.2 Å². The molecule has 0 fully saturated rings. The molecule has 1 aromatic heterocycles. The van der Waals surface area contributed by atoms with E-state index in [2.05, 4.69) is 26.0 Å². The van der Waals surface area contributed by atoms with Gasteiger partial charge in [0.15, 0.2) is 0 Å². The average molecular weight is 274 g/mol. The summed E-state index contributed by atoms with van der Waals surface area (Å²) in [5, 5.41) is 0. The number of rotatable bonds is 2. The number of aliphatic imine (C=N–C) groups is 1. The van der Waals surface area contributed by atoms with Crippen molar-refractivity contribution >= 4 is 26.3 Å². The van der Waals surface area contributed by atoms with Crippen LogP contribution in [-0.4, -0.2) is 25.6 Å². The fraction of sp³-hybridized carbons (Fsp3) is 0.0769. The van der Waals surface area contributed by atoms with E-state index >= 15 is 0 Å². The standard InChI is InChI=1S/C13H11N2Se/c1-10-12(8-5-9-14-10)15-13(16)11-6-3-2-4-7-11/h2-9H,1H3. The molecule has 79 valence electrons. The number of hydrogen-bond donors (Lipinski definition) is 0. The molecule has 1 heterocycles. The third-order valence-corrected chi connectivity index (χ3v) is 2.91. The van der Waals surface area contributed by atoms with Crippen molar-refractivity contribution in [3.63, 3.8) is 0 Å². The Kier molecular flexibility index (Phi) is 3.50. The van der Waals surface area contributed by atoms with Gasteiger partial charge in [-0.25, -0.2) is 0 Å². The van der Waals surface area contributed by atoms with Gasteiger partial charge in [-0.05, 0) is 0 Å². The summed E-state index contributed by atoms with van der Waals surface area (Å²) < 4.78 is 0.886. The van der Waals surface area contributed by atoms with Gasteiger partial charge in [0.05, 0.1) is 0 Å². The van der Waals surface area contributed by atoms with Crippen LogP contribution >= 0.6 is 0 Å². The van der Waals surface area contributed by atoms with Crippen molar-refractivity contribution in [1.29, 1.82) is 0 Å². The SMILES string of the molecule is Cc1ncccc1N=C([Se])c1ccccc1. The second-order valence-corrected chi connectivity index (χ2v) is 4.20. The van der Waals surface area contributed by atoms with Crippen molar-refractivity contribution in [3.05, 3.63) is 59.9 Å². The van der Waals surface area contributed by atoms with Crippen molar-refractivity contribution in [2.24, 2.45) is 4.99 Å². The van der Waals surface area contributed by atoms with Crippen molar-refractivity contribution < 1.29 is 0 Å². The van der Waals surface area contributed by atoms with Gasteiger partial charge in [-0.1, -0.05) is 0 Å². The predicted octanol–water partition coefficient (Wildman–Crippen LogP) is 2.64. The zero-order valence-corrected chi connectivity index (χ0v) is 10.6. The number of nitrogens with zero attached hydrogens (tertiary/aromatic N) is 2. The van der Waals surface area contributed by atoms with E-state index in [4.69, 9.17) is 0 Å². The summed E-state index contributed by atoms with van der Waals surface area (Å²) in [6.07, 6.45) is 1.77. The van der Waals surface area contributed by atoms with Gasteiger partial charge in [0.1, 0.15) is 0 Å². The summed E-state index contributed by atoms with van der Waals surface area (Å²) in [5.41, 5.74) is 2.93. The molecular formula is C13H11N2Se. The van der Waals surface area contributed by atoms with Crippen molar-refractivity contribution in [3.8, 4) is 0 Å². The first kappa shape index (κ1) is 11.1. The van der Waals surface area contributed by atoms with E-state index in [1.807, 2.05) is 49.4 Å². The second kappa shape index (κ2) is 5.06. The molecule has 0 aliphatic heterocycles. The molecule has 0 aliphatic rings. The van der Waals surface area contributed by atoms with E-state index in [1.54, 1.807) is 6.20 Å². The molecule has 0 aliphatic carbocycles. The van der Waals surface area contributed by atoms with E-state index < -0.39 is 0 Å². The molecule has 0 unspecified atom stereocenters. The first-order valence-corrected chi connectivity index (χ1v) is 5.86. The Morgan fingerprint density at radius 3 is 2.56 bits per heavy atom. The summed E-state index contributed by atoms with van der Waals surface area (Å²) in [5.74, 6) is 0. The average Bonchev–Trinajstić information content (AvgIpc) is 2.33. The molecule has 3 heteroatoms. The van der Waals surface area contributed by atoms with Gasteiger partial charge in [0.2, 0.25) is 0 Å². The van der Waals surface area contributed by atoms with Crippen LogP contribution in [0.3, 0.4) is 0 Å². The Morgan fingerprint density at radius 2 is 1.88 bits per heavy atom. The van der Waals surface area contributed by atoms with Crippen LogP contribution in [0.25, 0.3) is 0 Å². The molecule has 0 spiro atoms. The van der Waals surface area contributed by atoms with Crippen molar-refractivity contribution in [1.82, 2.24) is 4.98 Å². The first-order valence-electron chi connectivity index (χ1n) is 5.00. The van der Waals surface area contributed by atoms with Crippen LogP contribution in [0.15, 0.2) is 53.7 Å². The van der Waals surface area contributed by atoms with E-state index in [0.717, 1.165) is 21.6 Å². The molecule has 0 bridgehead atoms. The van der Waals surface area contributed by atoms with Gasteiger partial charge in [-0.3, -0.25) is 0 Å². The molecule has 2 aromatic rings. The minimum absolute atomic E-state index is 0.886. The van der Waals surface area contributed by atoms with Gasteiger partial charge >= 0.3 is 103 Å². The molecule has 2 rings (SSSR count). The Morgan fingerprint density at radius 1 is 1.12 bits per heavy atom. The maximum absolute atomic E-state index is 4.53. The second-order valence-electron chi connectivity index (χ2n) is 3.39. The monoisotopic (exact) mass is 275 g/mol. The predicted molar refractivity (Wildman–Crippen MR) is 67.4 cm³/mol. The Balaban J connectivity index is 2.36. The molecule has 0 amide bonds. The zero-order valence-electron chi connectivity index (χ0n) is 8.92. The Bertz CT molecular complexity index is 506. The van der Waals surface area contributed by atoms with E-state index in [0.29, 0.717) is 0 Å². The molecule has 1 radical (unpaired) electrons. The fourth-order valence-corrected chi connectivity index (χ4v) is 1.84. The molecular weight excluding hydrogens is 263 g/mol. The molecule has 16 heavy (non-hydrogen) atoms. The number of aryl methyl sites for hydroxylation is 1. The zero-order chi connectivity index (χ0) is 11.4. The third kappa shape index (κ3) is 2.57. The maximum atomic E-state index is 4.53. The van der Waals surface area contributed by atoms with Gasteiger partial charge in [-0.2, -0.15) is 0 Å². The van der Waals surface area contributed by atoms with Crippen LogP contribution in [0, 0.1) is 6.92 Å². The van der Waals surface area contributed by atoms with E-state index in [9.17, 15) is 0 Å². The van der Waals surface area contributed by atoms with Gasteiger partial charge in [-0.15, -0.1) is 0 Å². The molecule has 0 saturated carbocycles. The Labute approximate surface area is 103 Å². The van der Waals surface area contributed by atoms with Gasteiger partial charge in [0.25, 0.3) is 0 Å².